The molecule has 1 nitrogen and oxygen atoms in total. The molecule has 0 bridgehead atoms. The zero-order valence-corrected chi connectivity index (χ0v) is 5.15. The van der Waals surface area contributed by atoms with Gasteiger partial charge in [-0.15, -0.1) is 0 Å². The molecule has 0 saturated carbocycles. The van der Waals surface area contributed by atoms with E-state index in [1.54, 1.807) is 0 Å². The van der Waals surface area contributed by atoms with Gasteiger partial charge in [0.05, 0.1) is 0 Å². The summed E-state index contributed by atoms with van der Waals surface area (Å²) in [6.45, 7) is 5.09. The standard InChI is InChI=1S/C6H14N/c1-6(2)4-3-5-7/h3,6H,4-5,7H2,1-2H3. The van der Waals surface area contributed by atoms with Gasteiger partial charge in [0.2, 0.25) is 0 Å². The van der Waals surface area contributed by atoms with E-state index in [2.05, 4.69) is 20.3 Å². The average molecular weight is 100 g/mol. The van der Waals surface area contributed by atoms with E-state index in [0.717, 1.165) is 18.9 Å². The summed E-state index contributed by atoms with van der Waals surface area (Å²) in [5, 5.41) is 0. The Morgan fingerprint density at radius 1 is 1.57 bits per heavy atom. The summed E-state index contributed by atoms with van der Waals surface area (Å²) in [6, 6.07) is 0. The highest BCUT2D eigenvalue weighted by Crippen LogP contribution is 1.99. The molecule has 7 heavy (non-hydrogen) atoms. The first-order valence-corrected chi connectivity index (χ1v) is 2.79. The van der Waals surface area contributed by atoms with Crippen molar-refractivity contribution in [2.75, 3.05) is 6.54 Å². The third-order valence-electron chi connectivity index (χ3n) is 0.805. The summed E-state index contributed by atoms with van der Waals surface area (Å²) in [6.07, 6.45) is 3.25. The molecule has 0 unspecified atom stereocenters. The molecule has 0 aliphatic rings. The van der Waals surface area contributed by atoms with E-state index in [0.29, 0.717) is 0 Å². The molecule has 2 N–H and O–H groups in total. The van der Waals surface area contributed by atoms with E-state index < -0.39 is 0 Å². The fraction of sp³-hybridized carbons (Fsp3) is 0.833. The van der Waals surface area contributed by atoms with Crippen LogP contribution in [-0.2, 0) is 0 Å². The van der Waals surface area contributed by atoms with Crippen LogP contribution in [0.25, 0.3) is 0 Å². The first kappa shape index (κ1) is 6.96. The summed E-state index contributed by atoms with van der Waals surface area (Å²) in [7, 11) is 0. The lowest BCUT2D eigenvalue weighted by Gasteiger charge is -1.98. The van der Waals surface area contributed by atoms with Crippen LogP contribution >= 0.6 is 0 Å². The fourth-order valence-electron chi connectivity index (χ4n) is 0.430. The van der Waals surface area contributed by atoms with Gasteiger partial charge in [0.15, 0.2) is 0 Å². The zero-order valence-electron chi connectivity index (χ0n) is 5.15. The van der Waals surface area contributed by atoms with Crippen LogP contribution in [0.1, 0.15) is 20.3 Å². The molecular formula is C6H14N. The van der Waals surface area contributed by atoms with Crippen LogP contribution in [0.5, 0.6) is 0 Å². The normalized spacial score (nSPS) is 10.3. The van der Waals surface area contributed by atoms with Crippen LogP contribution in [0.2, 0.25) is 0 Å². The van der Waals surface area contributed by atoms with Gasteiger partial charge in [-0.05, 0) is 25.3 Å². The Kier molecular flexibility index (Phi) is 4.10. The first-order valence-electron chi connectivity index (χ1n) is 2.79. The Labute approximate surface area is 45.9 Å². The molecule has 0 aromatic rings. The van der Waals surface area contributed by atoms with E-state index in [1.807, 2.05) is 0 Å². The van der Waals surface area contributed by atoms with Gasteiger partial charge >= 0.3 is 0 Å². The molecule has 0 saturated heterocycles. The van der Waals surface area contributed by atoms with E-state index in [9.17, 15) is 0 Å². The maximum absolute atomic E-state index is 5.22. The van der Waals surface area contributed by atoms with Crippen molar-refractivity contribution < 1.29 is 0 Å². The lowest BCUT2D eigenvalue weighted by Crippen LogP contribution is -2.01. The highest BCUT2D eigenvalue weighted by atomic mass is 14.5. The van der Waals surface area contributed by atoms with Gasteiger partial charge < -0.3 is 5.73 Å². The van der Waals surface area contributed by atoms with Crippen molar-refractivity contribution in [2.45, 2.75) is 20.3 Å². The minimum Gasteiger partial charge on any atom is -0.330 e. The molecule has 0 aliphatic heterocycles. The van der Waals surface area contributed by atoms with E-state index in [-0.39, 0.29) is 0 Å². The third-order valence-corrected chi connectivity index (χ3v) is 0.805. The second kappa shape index (κ2) is 4.13. The molecule has 1 heteroatoms. The minimum absolute atomic E-state index is 0.720. The van der Waals surface area contributed by atoms with Gasteiger partial charge in [-0.3, -0.25) is 0 Å². The lowest BCUT2D eigenvalue weighted by atomic mass is 10.1. The zero-order chi connectivity index (χ0) is 5.70. The van der Waals surface area contributed by atoms with Crippen molar-refractivity contribution in [3.63, 3.8) is 0 Å². The van der Waals surface area contributed by atoms with Crippen LogP contribution < -0.4 is 5.73 Å². The SMILES string of the molecule is CC(C)C[CH]CN. The molecule has 0 aromatic heterocycles. The molecule has 43 valence electrons. The molecular weight excluding hydrogens is 86.1 g/mol. The summed E-state index contributed by atoms with van der Waals surface area (Å²) in [5.41, 5.74) is 5.22. The number of hydrogen-bond acceptors (Lipinski definition) is 1. The van der Waals surface area contributed by atoms with Gasteiger partial charge in [0.25, 0.3) is 0 Å². The Morgan fingerprint density at radius 3 is 2.29 bits per heavy atom. The van der Waals surface area contributed by atoms with Crippen molar-refractivity contribution in [1.82, 2.24) is 0 Å². The molecule has 0 aromatic carbocycles. The molecule has 0 fully saturated rings. The number of rotatable bonds is 3. The van der Waals surface area contributed by atoms with Crippen LogP contribution in [-0.4, -0.2) is 6.54 Å². The maximum atomic E-state index is 5.22. The second-order valence-electron chi connectivity index (χ2n) is 2.15. The first-order chi connectivity index (χ1) is 3.27. The van der Waals surface area contributed by atoms with Crippen molar-refractivity contribution in [3.8, 4) is 0 Å². The van der Waals surface area contributed by atoms with E-state index >= 15 is 0 Å². The fourth-order valence-corrected chi connectivity index (χ4v) is 0.430. The second-order valence-corrected chi connectivity index (χ2v) is 2.15. The predicted octanol–water partition coefficient (Wildman–Crippen LogP) is 1.20. The minimum atomic E-state index is 0.720. The molecule has 1 radical (unpaired) electrons. The summed E-state index contributed by atoms with van der Waals surface area (Å²) < 4.78 is 0. The summed E-state index contributed by atoms with van der Waals surface area (Å²) in [4.78, 5) is 0. The molecule has 0 rings (SSSR count). The molecule has 0 amide bonds. The maximum Gasteiger partial charge on any atom is -0.00456 e. The molecule has 0 aliphatic carbocycles. The number of hydrogen-bond donors (Lipinski definition) is 1. The largest absolute Gasteiger partial charge is 0.330 e. The Morgan fingerprint density at radius 2 is 2.14 bits per heavy atom. The summed E-state index contributed by atoms with van der Waals surface area (Å²) in [5.74, 6) is 0.767. The molecule has 0 spiro atoms. The highest BCUT2D eigenvalue weighted by molar-refractivity contribution is 4.65. The molecule has 0 heterocycles. The van der Waals surface area contributed by atoms with Crippen LogP contribution in [0, 0.1) is 12.3 Å². The van der Waals surface area contributed by atoms with E-state index in [1.165, 1.54) is 0 Å². The Bertz CT molecular complexity index is 33.2. The van der Waals surface area contributed by atoms with Crippen molar-refractivity contribution >= 4 is 0 Å². The van der Waals surface area contributed by atoms with Gasteiger partial charge in [-0.1, -0.05) is 13.8 Å². The smallest absolute Gasteiger partial charge is 0.00456 e. The quantitative estimate of drug-likeness (QED) is 0.566. The topological polar surface area (TPSA) is 26.0 Å². The van der Waals surface area contributed by atoms with Gasteiger partial charge in [-0.25, -0.2) is 0 Å². The van der Waals surface area contributed by atoms with Crippen LogP contribution in [0.4, 0.5) is 0 Å². The van der Waals surface area contributed by atoms with Gasteiger partial charge in [-0.2, -0.15) is 0 Å². The Hall–Kier alpha value is -0.0400. The van der Waals surface area contributed by atoms with Crippen molar-refractivity contribution in [3.05, 3.63) is 6.42 Å². The van der Waals surface area contributed by atoms with Gasteiger partial charge in [0, 0.05) is 0 Å². The van der Waals surface area contributed by atoms with Crippen molar-refractivity contribution in [2.24, 2.45) is 11.7 Å². The van der Waals surface area contributed by atoms with E-state index in [4.69, 9.17) is 5.73 Å². The van der Waals surface area contributed by atoms with Crippen LogP contribution in [0.15, 0.2) is 0 Å². The van der Waals surface area contributed by atoms with Gasteiger partial charge in [0.1, 0.15) is 0 Å². The monoisotopic (exact) mass is 100 g/mol. The van der Waals surface area contributed by atoms with Crippen LogP contribution in [0.3, 0.4) is 0 Å². The Balaban J connectivity index is 2.68. The summed E-state index contributed by atoms with van der Waals surface area (Å²) >= 11 is 0. The van der Waals surface area contributed by atoms with Crippen molar-refractivity contribution in [1.29, 1.82) is 0 Å². The predicted molar refractivity (Wildman–Crippen MR) is 32.8 cm³/mol. The lowest BCUT2D eigenvalue weighted by molar-refractivity contribution is 0.631. The third kappa shape index (κ3) is 5.96. The number of nitrogens with two attached hydrogens (primary N) is 1. The highest BCUT2D eigenvalue weighted by Gasteiger charge is 1.89. The average Bonchev–Trinajstić information content (AvgIpc) is 1.61. The molecule has 0 atom stereocenters.